The van der Waals surface area contributed by atoms with E-state index in [-0.39, 0.29) is 22.7 Å². The first-order chi connectivity index (χ1) is 13.6. The third kappa shape index (κ3) is 3.87. The number of halogens is 5. The summed E-state index contributed by atoms with van der Waals surface area (Å²) in [7, 11) is 0. The molecule has 9 heteroatoms. The molecule has 0 bridgehead atoms. The lowest BCUT2D eigenvalue weighted by Gasteiger charge is -2.38. The van der Waals surface area contributed by atoms with Gasteiger partial charge in [0.05, 0.1) is 5.71 Å². The monoisotopic (exact) mass is 412 g/mol. The molecule has 1 atom stereocenters. The average Bonchev–Trinajstić information content (AvgIpc) is 3.06. The Morgan fingerprint density at radius 3 is 2.10 bits per heavy atom. The first-order valence-corrected chi connectivity index (χ1v) is 8.73. The van der Waals surface area contributed by atoms with E-state index in [9.17, 15) is 31.9 Å². The molecule has 2 aromatic rings. The van der Waals surface area contributed by atoms with Crippen molar-refractivity contribution in [3.8, 4) is 0 Å². The number of carbonyl (C=O) groups is 1. The zero-order chi connectivity index (χ0) is 21.3. The first kappa shape index (κ1) is 20.9. The van der Waals surface area contributed by atoms with Crippen molar-refractivity contribution in [3.05, 3.63) is 71.8 Å². The van der Waals surface area contributed by atoms with Gasteiger partial charge in [0.1, 0.15) is 0 Å². The van der Waals surface area contributed by atoms with Crippen LogP contribution in [0, 0.1) is 0 Å². The number of hydrogen-bond donors (Lipinski definition) is 1. The van der Waals surface area contributed by atoms with Gasteiger partial charge in [-0.25, -0.2) is 0 Å². The zero-order valence-electron chi connectivity index (χ0n) is 15.0. The predicted octanol–water partition coefficient (Wildman–Crippen LogP) is 4.14. The van der Waals surface area contributed by atoms with Gasteiger partial charge in [-0.15, -0.1) is 0 Å². The van der Waals surface area contributed by atoms with E-state index in [1.54, 1.807) is 48.5 Å². The van der Waals surface area contributed by atoms with Crippen LogP contribution in [0.15, 0.2) is 65.8 Å². The lowest BCUT2D eigenvalue weighted by atomic mass is 9.95. The number of hydrogen-bond acceptors (Lipinski definition) is 3. The molecule has 2 aromatic carbocycles. The molecule has 0 aromatic heterocycles. The molecule has 29 heavy (non-hydrogen) atoms. The summed E-state index contributed by atoms with van der Waals surface area (Å²) in [5.41, 5.74) is -3.14. The van der Waals surface area contributed by atoms with E-state index in [0.717, 1.165) is 0 Å². The highest BCUT2D eigenvalue weighted by molar-refractivity contribution is 6.03. The van der Waals surface area contributed by atoms with Crippen LogP contribution >= 0.6 is 0 Å². The fourth-order valence-electron chi connectivity index (χ4n) is 3.07. The van der Waals surface area contributed by atoms with E-state index in [0.29, 0.717) is 5.56 Å². The zero-order valence-corrected chi connectivity index (χ0v) is 15.0. The third-order valence-electron chi connectivity index (χ3n) is 4.66. The average molecular weight is 412 g/mol. The number of nitrogens with zero attached hydrogens (tertiary/aromatic N) is 2. The van der Waals surface area contributed by atoms with Gasteiger partial charge in [0.2, 0.25) is 11.6 Å². The van der Waals surface area contributed by atoms with E-state index >= 15 is 0 Å². The Morgan fingerprint density at radius 1 is 1.00 bits per heavy atom. The van der Waals surface area contributed by atoms with Gasteiger partial charge in [-0.05, 0) is 17.5 Å². The van der Waals surface area contributed by atoms with Gasteiger partial charge in [-0.2, -0.15) is 32.1 Å². The van der Waals surface area contributed by atoms with Crippen LogP contribution in [0.4, 0.5) is 22.0 Å². The van der Waals surface area contributed by atoms with Crippen molar-refractivity contribution < 1.29 is 31.9 Å². The molecule has 0 spiro atoms. The van der Waals surface area contributed by atoms with E-state index in [2.05, 4.69) is 5.10 Å². The smallest absolute Gasteiger partial charge is 0.364 e. The molecule has 4 nitrogen and oxygen atoms in total. The predicted molar refractivity (Wildman–Crippen MR) is 95.2 cm³/mol. The minimum atomic E-state index is -6.07. The minimum Gasteiger partial charge on any atom is -0.364 e. The quantitative estimate of drug-likeness (QED) is 0.751. The van der Waals surface area contributed by atoms with Gasteiger partial charge in [0, 0.05) is 12.8 Å². The maximum Gasteiger partial charge on any atom is 0.458 e. The van der Waals surface area contributed by atoms with Gasteiger partial charge in [0.25, 0.3) is 0 Å². The molecule has 1 heterocycles. The van der Waals surface area contributed by atoms with Crippen LogP contribution in [0.1, 0.15) is 24.0 Å². The number of alkyl halides is 5. The van der Waals surface area contributed by atoms with Crippen LogP contribution in [0.25, 0.3) is 0 Å². The second kappa shape index (κ2) is 7.55. The summed E-state index contributed by atoms with van der Waals surface area (Å²) in [5, 5.41) is 14.0. The molecule has 1 aliphatic rings. The molecule has 1 aliphatic heterocycles. The molecular formula is C20H17F5N2O2. The SMILES string of the molecule is O=C(CCc1ccccc1)N1N=C(c2ccccc2)C[C@@]1(O)C(F)(F)C(F)(F)F. The Morgan fingerprint density at radius 2 is 1.55 bits per heavy atom. The van der Waals surface area contributed by atoms with E-state index < -0.39 is 36.6 Å². The van der Waals surface area contributed by atoms with Crippen molar-refractivity contribution >= 4 is 11.6 Å². The minimum absolute atomic E-state index is 0.0973. The van der Waals surface area contributed by atoms with Gasteiger partial charge < -0.3 is 5.11 Å². The summed E-state index contributed by atoms with van der Waals surface area (Å²) in [5.74, 6) is -6.71. The fraction of sp³-hybridized carbons (Fsp3) is 0.300. The highest BCUT2D eigenvalue weighted by Gasteiger charge is 2.74. The molecule has 0 radical (unpaired) electrons. The number of rotatable bonds is 5. The number of carbonyl (C=O) groups excluding carboxylic acids is 1. The molecule has 0 fully saturated rings. The summed E-state index contributed by atoms with van der Waals surface area (Å²) < 4.78 is 67.6. The second-order valence-corrected chi connectivity index (χ2v) is 6.67. The summed E-state index contributed by atoms with van der Waals surface area (Å²) in [6, 6.07) is 16.1. The van der Waals surface area contributed by atoms with Gasteiger partial charge >= 0.3 is 12.1 Å². The molecule has 0 aliphatic carbocycles. The van der Waals surface area contributed by atoms with Crippen LogP contribution in [0.5, 0.6) is 0 Å². The second-order valence-electron chi connectivity index (χ2n) is 6.67. The summed E-state index contributed by atoms with van der Waals surface area (Å²) in [4.78, 5) is 12.5. The Labute approximate surface area is 163 Å². The number of amides is 1. The molecule has 3 rings (SSSR count). The van der Waals surface area contributed by atoms with Crippen LogP contribution in [0.3, 0.4) is 0 Å². The third-order valence-corrected chi connectivity index (χ3v) is 4.66. The molecule has 1 N–H and O–H groups in total. The van der Waals surface area contributed by atoms with Crippen LogP contribution in [0.2, 0.25) is 0 Å². The molecule has 154 valence electrons. The van der Waals surface area contributed by atoms with Crippen molar-refractivity contribution in [2.45, 2.75) is 37.1 Å². The van der Waals surface area contributed by atoms with E-state index in [1.165, 1.54) is 12.1 Å². The van der Waals surface area contributed by atoms with Crippen molar-refractivity contribution in [3.63, 3.8) is 0 Å². The largest absolute Gasteiger partial charge is 0.458 e. The van der Waals surface area contributed by atoms with Crippen molar-refractivity contribution in [2.75, 3.05) is 0 Å². The van der Waals surface area contributed by atoms with Crippen LogP contribution in [-0.2, 0) is 11.2 Å². The van der Waals surface area contributed by atoms with Crippen molar-refractivity contribution in [1.82, 2.24) is 5.01 Å². The normalized spacial score (nSPS) is 19.9. The molecular weight excluding hydrogens is 395 g/mol. The number of benzene rings is 2. The highest BCUT2D eigenvalue weighted by Crippen LogP contribution is 2.49. The lowest BCUT2D eigenvalue weighted by Crippen LogP contribution is -2.64. The van der Waals surface area contributed by atoms with Gasteiger partial charge in [-0.1, -0.05) is 60.7 Å². The molecule has 0 saturated carbocycles. The summed E-state index contributed by atoms with van der Waals surface area (Å²) >= 11 is 0. The van der Waals surface area contributed by atoms with Gasteiger partial charge in [-0.3, -0.25) is 4.79 Å². The molecule has 1 amide bonds. The standard InChI is InChI=1S/C20H17F5N2O2/c21-19(22,20(23,24)25)18(29)13-16(15-9-5-2-6-10-15)26-27(18)17(28)12-11-14-7-3-1-4-8-14/h1-10,29H,11-13H2/t18-/m1/s1. The first-order valence-electron chi connectivity index (χ1n) is 8.73. The Kier molecular flexibility index (Phi) is 5.44. The fourth-order valence-corrected chi connectivity index (χ4v) is 3.07. The Hall–Kier alpha value is -2.81. The summed E-state index contributed by atoms with van der Waals surface area (Å²) in [6.45, 7) is 0. The van der Waals surface area contributed by atoms with Gasteiger partial charge in [0.15, 0.2) is 0 Å². The number of hydrazone groups is 1. The molecule has 0 saturated heterocycles. The summed E-state index contributed by atoms with van der Waals surface area (Å²) in [6.07, 6.45) is -7.52. The highest BCUT2D eigenvalue weighted by atomic mass is 19.4. The van der Waals surface area contributed by atoms with E-state index in [4.69, 9.17) is 0 Å². The number of aryl methyl sites for hydroxylation is 1. The van der Waals surface area contributed by atoms with E-state index in [1.807, 2.05) is 0 Å². The molecule has 0 unspecified atom stereocenters. The Balaban J connectivity index is 1.93. The van der Waals surface area contributed by atoms with Crippen molar-refractivity contribution in [2.24, 2.45) is 5.10 Å². The van der Waals surface area contributed by atoms with Crippen LogP contribution in [-0.4, -0.2) is 39.6 Å². The van der Waals surface area contributed by atoms with Crippen LogP contribution < -0.4 is 0 Å². The maximum absolute atomic E-state index is 14.2. The maximum atomic E-state index is 14.2. The Bertz CT molecular complexity index is 900. The lowest BCUT2D eigenvalue weighted by molar-refractivity contribution is -0.363. The van der Waals surface area contributed by atoms with Crippen molar-refractivity contribution in [1.29, 1.82) is 0 Å². The number of aliphatic hydroxyl groups is 1. The topological polar surface area (TPSA) is 52.9 Å².